The number of carboxylic acids is 1. The van der Waals surface area contributed by atoms with E-state index in [2.05, 4.69) is 9.71 Å². The van der Waals surface area contributed by atoms with Crippen molar-refractivity contribution in [3.8, 4) is 0 Å². The highest BCUT2D eigenvalue weighted by atomic mass is 32.2. The summed E-state index contributed by atoms with van der Waals surface area (Å²) in [5, 5.41) is 10.6. The second-order valence-electron chi connectivity index (χ2n) is 5.04. The second-order valence-corrected chi connectivity index (χ2v) is 7.83. The molecular formula is C12H18N2O4S2. The second kappa shape index (κ2) is 6.64. The van der Waals surface area contributed by atoms with Gasteiger partial charge in [-0.15, -0.1) is 11.3 Å². The molecule has 1 saturated carbocycles. The number of hydrogen-bond donors (Lipinski definition) is 2. The van der Waals surface area contributed by atoms with Gasteiger partial charge in [0.25, 0.3) is 0 Å². The molecule has 0 bridgehead atoms. The van der Waals surface area contributed by atoms with Crippen molar-refractivity contribution in [2.45, 2.75) is 38.6 Å². The van der Waals surface area contributed by atoms with Crippen LogP contribution in [0.1, 0.15) is 47.6 Å². The Morgan fingerprint density at radius 3 is 2.70 bits per heavy atom. The van der Waals surface area contributed by atoms with Gasteiger partial charge < -0.3 is 5.11 Å². The standard InChI is InChI=1S/C12H18N2O4S2/c15-12(16)10-7-19-11(14-10)6-13-20(17,18)8-9-4-2-1-3-5-9/h7,9,13H,1-6,8H2,(H,15,16). The topological polar surface area (TPSA) is 96.4 Å². The average Bonchev–Trinajstić information content (AvgIpc) is 2.86. The number of rotatable bonds is 6. The van der Waals surface area contributed by atoms with Gasteiger partial charge >= 0.3 is 5.97 Å². The van der Waals surface area contributed by atoms with E-state index in [9.17, 15) is 13.2 Å². The summed E-state index contributed by atoms with van der Waals surface area (Å²) in [5.41, 5.74) is -0.0449. The molecule has 1 aliphatic carbocycles. The Morgan fingerprint density at radius 1 is 1.40 bits per heavy atom. The number of nitrogens with zero attached hydrogens (tertiary/aromatic N) is 1. The number of nitrogens with one attached hydrogen (secondary N) is 1. The molecule has 0 aliphatic heterocycles. The van der Waals surface area contributed by atoms with E-state index in [-0.39, 0.29) is 23.9 Å². The molecule has 1 fully saturated rings. The molecule has 112 valence electrons. The van der Waals surface area contributed by atoms with E-state index >= 15 is 0 Å². The minimum atomic E-state index is -3.32. The highest BCUT2D eigenvalue weighted by Crippen LogP contribution is 2.24. The molecule has 8 heteroatoms. The van der Waals surface area contributed by atoms with Crippen LogP contribution in [0.25, 0.3) is 0 Å². The first kappa shape index (κ1) is 15.4. The van der Waals surface area contributed by atoms with Crippen molar-refractivity contribution >= 4 is 27.3 Å². The Morgan fingerprint density at radius 2 is 2.10 bits per heavy atom. The quantitative estimate of drug-likeness (QED) is 0.834. The molecule has 0 radical (unpaired) electrons. The Balaban J connectivity index is 1.86. The summed E-state index contributed by atoms with van der Waals surface area (Å²) >= 11 is 1.15. The number of hydrogen-bond acceptors (Lipinski definition) is 5. The fraction of sp³-hybridized carbons (Fsp3) is 0.667. The molecule has 2 rings (SSSR count). The molecule has 1 aromatic heterocycles. The maximum Gasteiger partial charge on any atom is 0.355 e. The number of thiazole rings is 1. The molecule has 0 spiro atoms. The maximum atomic E-state index is 12.0. The van der Waals surface area contributed by atoms with E-state index in [1.807, 2.05) is 0 Å². The van der Waals surface area contributed by atoms with Crippen molar-refractivity contribution in [3.05, 3.63) is 16.1 Å². The van der Waals surface area contributed by atoms with Crippen molar-refractivity contribution in [2.75, 3.05) is 5.75 Å². The number of sulfonamides is 1. The third-order valence-electron chi connectivity index (χ3n) is 3.39. The summed E-state index contributed by atoms with van der Waals surface area (Å²) < 4.78 is 26.4. The summed E-state index contributed by atoms with van der Waals surface area (Å²) in [6, 6.07) is 0. The zero-order chi connectivity index (χ0) is 14.6. The Hall–Kier alpha value is -0.990. The van der Waals surface area contributed by atoms with Gasteiger partial charge in [-0.05, 0) is 18.8 Å². The Bertz CT molecular complexity index is 562. The van der Waals surface area contributed by atoms with Gasteiger partial charge in [0.05, 0.1) is 12.3 Å². The molecule has 0 atom stereocenters. The summed E-state index contributed by atoms with van der Waals surface area (Å²) in [5.74, 6) is -0.700. The van der Waals surface area contributed by atoms with Crippen LogP contribution in [0.15, 0.2) is 5.38 Å². The summed E-state index contributed by atoms with van der Waals surface area (Å²) in [6.07, 6.45) is 5.35. The van der Waals surface area contributed by atoms with E-state index < -0.39 is 16.0 Å². The van der Waals surface area contributed by atoms with Crippen molar-refractivity contribution in [1.29, 1.82) is 0 Å². The van der Waals surface area contributed by atoms with Crippen LogP contribution in [0.5, 0.6) is 0 Å². The van der Waals surface area contributed by atoms with Crippen molar-refractivity contribution in [3.63, 3.8) is 0 Å². The van der Waals surface area contributed by atoms with Crippen LogP contribution in [-0.2, 0) is 16.6 Å². The van der Waals surface area contributed by atoms with E-state index in [0.717, 1.165) is 37.0 Å². The van der Waals surface area contributed by atoms with Gasteiger partial charge in [-0.1, -0.05) is 19.3 Å². The maximum absolute atomic E-state index is 12.0. The molecule has 6 nitrogen and oxygen atoms in total. The highest BCUT2D eigenvalue weighted by molar-refractivity contribution is 7.89. The van der Waals surface area contributed by atoms with Gasteiger partial charge in [-0.2, -0.15) is 0 Å². The number of carbonyl (C=O) groups is 1. The molecule has 0 saturated heterocycles. The zero-order valence-electron chi connectivity index (χ0n) is 11.0. The SMILES string of the molecule is O=C(O)c1csc(CNS(=O)(=O)CC2CCCCC2)n1. The lowest BCUT2D eigenvalue weighted by Crippen LogP contribution is -2.30. The van der Waals surface area contributed by atoms with Gasteiger partial charge in [0.15, 0.2) is 5.69 Å². The summed E-state index contributed by atoms with van der Waals surface area (Å²) in [4.78, 5) is 14.5. The normalized spacial score (nSPS) is 17.2. The number of carboxylic acid groups (broad SMARTS) is 1. The molecule has 0 aromatic carbocycles. The largest absolute Gasteiger partial charge is 0.476 e. The molecule has 1 heterocycles. The zero-order valence-corrected chi connectivity index (χ0v) is 12.7. The van der Waals surface area contributed by atoms with E-state index in [1.54, 1.807) is 0 Å². The first-order chi connectivity index (χ1) is 9.46. The third kappa shape index (κ3) is 4.53. The van der Waals surface area contributed by atoms with Crippen LogP contribution in [-0.4, -0.2) is 30.2 Å². The third-order valence-corrected chi connectivity index (χ3v) is 5.74. The smallest absolute Gasteiger partial charge is 0.355 e. The lowest BCUT2D eigenvalue weighted by atomic mass is 9.91. The fourth-order valence-electron chi connectivity index (χ4n) is 2.39. The number of aromatic nitrogens is 1. The van der Waals surface area contributed by atoms with Gasteiger partial charge in [0.1, 0.15) is 5.01 Å². The molecule has 20 heavy (non-hydrogen) atoms. The lowest BCUT2D eigenvalue weighted by molar-refractivity contribution is 0.0691. The summed E-state index contributed by atoms with van der Waals surface area (Å²) in [7, 11) is -3.32. The van der Waals surface area contributed by atoms with Crippen LogP contribution in [0.2, 0.25) is 0 Å². The van der Waals surface area contributed by atoms with Crippen LogP contribution in [0.4, 0.5) is 0 Å². The minimum absolute atomic E-state index is 0.0449. The van der Waals surface area contributed by atoms with Gasteiger partial charge in [0, 0.05) is 5.38 Å². The fourth-order valence-corrected chi connectivity index (χ4v) is 4.61. The van der Waals surface area contributed by atoms with E-state index in [0.29, 0.717) is 5.01 Å². The Kier molecular flexibility index (Phi) is 5.11. The van der Waals surface area contributed by atoms with Crippen molar-refractivity contribution < 1.29 is 18.3 Å². The van der Waals surface area contributed by atoms with Crippen LogP contribution in [0, 0.1) is 5.92 Å². The predicted octanol–water partition coefficient (Wildman–Crippen LogP) is 1.84. The van der Waals surface area contributed by atoms with Crippen LogP contribution >= 0.6 is 11.3 Å². The average molecular weight is 318 g/mol. The number of aromatic carboxylic acids is 1. The molecule has 1 aliphatic rings. The first-order valence-electron chi connectivity index (χ1n) is 6.61. The first-order valence-corrected chi connectivity index (χ1v) is 9.14. The van der Waals surface area contributed by atoms with Gasteiger partial charge in [-0.3, -0.25) is 0 Å². The van der Waals surface area contributed by atoms with Crippen molar-refractivity contribution in [1.82, 2.24) is 9.71 Å². The van der Waals surface area contributed by atoms with Gasteiger partial charge in [-0.25, -0.2) is 22.9 Å². The molecule has 0 unspecified atom stereocenters. The van der Waals surface area contributed by atoms with Gasteiger partial charge in [0.2, 0.25) is 10.0 Å². The van der Waals surface area contributed by atoms with Crippen LogP contribution < -0.4 is 4.72 Å². The molecule has 0 amide bonds. The van der Waals surface area contributed by atoms with Crippen LogP contribution in [0.3, 0.4) is 0 Å². The monoisotopic (exact) mass is 318 g/mol. The Labute approximate surface area is 122 Å². The van der Waals surface area contributed by atoms with E-state index in [4.69, 9.17) is 5.11 Å². The van der Waals surface area contributed by atoms with E-state index in [1.165, 1.54) is 11.8 Å². The molecule has 2 N–H and O–H groups in total. The predicted molar refractivity (Wildman–Crippen MR) is 76.3 cm³/mol. The lowest BCUT2D eigenvalue weighted by Gasteiger charge is -2.21. The summed E-state index contributed by atoms with van der Waals surface area (Å²) in [6.45, 7) is 0.0625. The molecular weight excluding hydrogens is 300 g/mol. The molecule has 1 aromatic rings. The van der Waals surface area contributed by atoms with Crippen molar-refractivity contribution in [2.24, 2.45) is 5.92 Å². The highest BCUT2D eigenvalue weighted by Gasteiger charge is 2.21. The minimum Gasteiger partial charge on any atom is -0.476 e.